The van der Waals surface area contributed by atoms with Crippen molar-refractivity contribution in [1.82, 2.24) is 0 Å². The molecule has 3 nitrogen and oxygen atoms in total. The van der Waals surface area contributed by atoms with Gasteiger partial charge in [0.1, 0.15) is 5.75 Å². The summed E-state index contributed by atoms with van der Waals surface area (Å²) in [5.74, 6) is 0.00806. The number of hydrogen-bond donors (Lipinski definition) is 1. The van der Waals surface area contributed by atoms with Crippen LogP contribution in [0.15, 0.2) is 12.1 Å². The van der Waals surface area contributed by atoms with Crippen LogP contribution < -0.4 is 9.47 Å². The number of benzene rings is 1. The number of ether oxygens (including phenoxy) is 2. The largest absolute Gasteiger partial charge is 0.496 e. The van der Waals surface area contributed by atoms with Gasteiger partial charge in [-0.1, -0.05) is 0 Å². The molecule has 0 fully saturated rings. The lowest BCUT2D eigenvalue weighted by Gasteiger charge is -2.12. The Labute approximate surface area is 82.1 Å². The predicted molar refractivity (Wildman–Crippen MR) is 50.1 cm³/mol. The first-order chi connectivity index (χ1) is 6.60. The van der Waals surface area contributed by atoms with Crippen molar-refractivity contribution in [3.8, 4) is 11.5 Å². The molecule has 78 valence electrons. The highest BCUT2D eigenvalue weighted by Gasteiger charge is 2.14. The van der Waals surface area contributed by atoms with Crippen molar-refractivity contribution in [2.45, 2.75) is 13.0 Å². The van der Waals surface area contributed by atoms with Crippen LogP contribution in [0.5, 0.6) is 11.5 Å². The van der Waals surface area contributed by atoms with E-state index in [2.05, 4.69) is 0 Å². The van der Waals surface area contributed by atoms with E-state index < -0.39 is 11.9 Å². The minimum absolute atomic E-state index is 0.103. The SMILES string of the molecule is COc1cc(OC)c(C(C)O)cc1F. The number of halogens is 1. The Morgan fingerprint density at radius 1 is 1.21 bits per heavy atom. The molecule has 1 rings (SSSR count). The van der Waals surface area contributed by atoms with Gasteiger partial charge in [-0.15, -0.1) is 0 Å². The van der Waals surface area contributed by atoms with Gasteiger partial charge in [-0.3, -0.25) is 0 Å². The Morgan fingerprint density at radius 2 is 1.79 bits per heavy atom. The quantitative estimate of drug-likeness (QED) is 0.809. The first-order valence-corrected chi connectivity index (χ1v) is 4.19. The van der Waals surface area contributed by atoms with E-state index in [-0.39, 0.29) is 5.75 Å². The second-order valence-electron chi connectivity index (χ2n) is 2.90. The zero-order valence-electron chi connectivity index (χ0n) is 8.37. The molecule has 0 radical (unpaired) electrons. The number of aliphatic hydroxyl groups is 1. The average Bonchev–Trinajstić information content (AvgIpc) is 2.17. The molecule has 0 amide bonds. The highest BCUT2D eigenvalue weighted by molar-refractivity contribution is 5.42. The molecular weight excluding hydrogens is 187 g/mol. The van der Waals surface area contributed by atoms with E-state index in [1.165, 1.54) is 26.4 Å². The number of rotatable bonds is 3. The van der Waals surface area contributed by atoms with Crippen molar-refractivity contribution in [2.24, 2.45) is 0 Å². The van der Waals surface area contributed by atoms with Gasteiger partial charge >= 0.3 is 0 Å². The molecule has 0 saturated carbocycles. The van der Waals surface area contributed by atoms with E-state index in [9.17, 15) is 9.50 Å². The van der Waals surface area contributed by atoms with Gasteiger partial charge in [0, 0.05) is 11.6 Å². The molecule has 1 N–H and O–H groups in total. The minimum Gasteiger partial charge on any atom is -0.496 e. The smallest absolute Gasteiger partial charge is 0.165 e. The number of methoxy groups -OCH3 is 2. The molecule has 0 spiro atoms. The third kappa shape index (κ3) is 1.96. The van der Waals surface area contributed by atoms with Crippen molar-refractivity contribution in [3.63, 3.8) is 0 Å². The van der Waals surface area contributed by atoms with E-state index in [1.54, 1.807) is 6.92 Å². The maximum absolute atomic E-state index is 13.2. The monoisotopic (exact) mass is 200 g/mol. The fourth-order valence-electron chi connectivity index (χ4n) is 1.21. The van der Waals surface area contributed by atoms with Crippen LogP contribution in [0.3, 0.4) is 0 Å². The highest BCUT2D eigenvalue weighted by Crippen LogP contribution is 2.31. The van der Waals surface area contributed by atoms with Crippen LogP contribution in [0, 0.1) is 5.82 Å². The normalized spacial score (nSPS) is 12.4. The molecule has 14 heavy (non-hydrogen) atoms. The molecule has 0 saturated heterocycles. The Kier molecular flexibility index (Phi) is 3.30. The fraction of sp³-hybridized carbons (Fsp3) is 0.400. The zero-order chi connectivity index (χ0) is 10.7. The third-order valence-electron chi connectivity index (χ3n) is 1.95. The van der Waals surface area contributed by atoms with Gasteiger partial charge in [0.05, 0.1) is 20.3 Å². The Bertz CT molecular complexity index is 323. The molecule has 0 bridgehead atoms. The molecule has 0 aliphatic rings. The maximum atomic E-state index is 13.2. The summed E-state index contributed by atoms with van der Waals surface area (Å²) in [6.07, 6.45) is -0.773. The van der Waals surface area contributed by atoms with Gasteiger partial charge in [-0.25, -0.2) is 4.39 Å². The van der Waals surface area contributed by atoms with Crippen LogP contribution in [0.4, 0.5) is 4.39 Å². The molecule has 4 heteroatoms. The van der Waals surface area contributed by atoms with Crippen molar-refractivity contribution in [2.75, 3.05) is 14.2 Å². The molecule has 0 aliphatic heterocycles. The molecule has 1 aromatic rings. The van der Waals surface area contributed by atoms with Crippen LogP contribution in [0.1, 0.15) is 18.6 Å². The lowest BCUT2D eigenvalue weighted by atomic mass is 10.1. The predicted octanol–water partition coefficient (Wildman–Crippen LogP) is 1.90. The summed E-state index contributed by atoms with van der Waals surface area (Å²) in [5, 5.41) is 9.34. The van der Waals surface area contributed by atoms with Gasteiger partial charge in [0.2, 0.25) is 0 Å². The molecule has 0 aliphatic carbocycles. The van der Waals surface area contributed by atoms with Crippen molar-refractivity contribution >= 4 is 0 Å². The second kappa shape index (κ2) is 4.28. The molecule has 0 aromatic heterocycles. The van der Waals surface area contributed by atoms with Crippen LogP contribution >= 0.6 is 0 Å². The topological polar surface area (TPSA) is 38.7 Å². The summed E-state index contributed by atoms with van der Waals surface area (Å²) >= 11 is 0. The fourth-order valence-corrected chi connectivity index (χ4v) is 1.21. The minimum atomic E-state index is -0.773. The summed E-state index contributed by atoms with van der Waals surface area (Å²) in [7, 11) is 2.83. The number of aliphatic hydroxyl groups excluding tert-OH is 1. The summed E-state index contributed by atoms with van der Waals surface area (Å²) < 4.78 is 23.0. The van der Waals surface area contributed by atoms with Gasteiger partial charge in [-0.2, -0.15) is 0 Å². The molecule has 1 unspecified atom stereocenters. The van der Waals surface area contributed by atoms with Gasteiger partial charge in [0.15, 0.2) is 11.6 Å². The van der Waals surface area contributed by atoms with Crippen molar-refractivity contribution < 1.29 is 19.0 Å². The van der Waals surface area contributed by atoms with E-state index in [0.717, 1.165) is 0 Å². The first kappa shape index (κ1) is 10.8. The van der Waals surface area contributed by atoms with Crippen LogP contribution in [0.25, 0.3) is 0 Å². The van der Waals surface area contributed by atoms with E-state index in [1.807, 2.05) is 0 Å². The maximum Gasteiger partial charge on any atom is 0.165 e. The van der Waals surface area contributed by atoms with E-state index in [0.29, 0.717) is 11.3 Å². The molecule has 1 atom stereocenters. The van der Waals surface area contributed by atoms with Crippen LogP contribution in [-0.4, -0.2) is 19.3 Å². The van der Waals surface area contributed by atoms with E-state index in [4.69, 9.17) is 9.47 Å². The molecular formula is C10H13FO3. The summed E-state index contributed by atoms with van der Waals surface area (Å²) in [6.45, 7) is 1.55. The van der Waals surface area contributed by atoms with Crippen LogP contribution in [-0.2, 0) is 0 Å². The summed E-state index contributed by atoms with van der Waals surface area (Å²) in [4.78, 5) is 0. The lowest BCUT2D eigenvalue weighted by molar-refractivity contribution is 0.193. The molecule has 0 heterocycles. The van der Waals surface area contributed by atoms with Gasteiger partial charge < -0.3 is 14.6 Å². The van der Waals surface area contributed by atoms with Crippen LogP contribution in [0.2, 0.25) is 0 Å². The van der Waals surface area contributed by atoms with Gasteiger partial charge in [-0.05, 0) is 13.0 Å². The summed E-state index contributed by atoms with van der Waals surface area (Å²) in [6, 6.07) is 2.62. The Balaban J connectivity index is 3.24. The Hall–Kier alpha value is -1.29. The highest BCUT2D eigenvalue weighted by atomic mass is 19.1. The molecule has 1 aromatic carbocycles. The second-order valence-corrected chi connectivity index (χ2v) is 2.90. The third-order valence-corrected chi connectivity index (χ3v) is 1.95. The Morgan fingerprint density at radius 3 is 2.21 bits per heavy atom. The zero-order valence-corrected chi connectivity index (χ0v) is 8.37. The van der Waals surface area contributed by atoms with Crippen molar-refractivity contribution in [1.29, 1.82) is 0 Å². The lowest BCUT2D eigenvalue weighted by Crippen LogP contribution is -1.99. The van der Waals surface area contributed by atoms with Gasteiger partial charge in [0.25, 0.3) is 0 Å². The van der Waals surface area contributed by atoms with Crippen molar-refractivity contribution in [3.05, 3.63) is 23.5 Å². The summed E-state index contributed by atoms with van der Waals surface area (Å²) in [5.41, 5.74) is 0.408. The van der Waals surface area contributed by atoms with E-state index >= 15 is 0 Å². The average molecular weight is 200 g/mol. The standard InChI is InChI=1S/C10H13FO3/c1-6(12)7-4-8(11)10(14-3)5-9(7)13-2/h4-6,12H,1-3H3. The number of hydrogen-bond acceptors (Lipinski definition) is 3. The first-order valence-electron chi connectivity index (χ1n) is 4.19.